The van der Waals surface area contributed by atoms with E-state index in [0.717, 1.165) is 0 Å². The molecule has 0 heterocycles. The third-order valence-electron chi connectivity index (χ3n) is 2.68. The molecule has 5 heteroatoms. The van der Waals surface area contributed by atoms with Crippen molar-refractivity contribution in [3.63, 3.8) is 0 Å². The maximum atomic E-state index is 2.38. The van der Waals surface area contributed by atoms with Crippen LogP contribution in [0, 0.1) is 0 Å². The number of halogens is 3. The van der Waals surface area contributed by atoms with Crippen LogP contribution in [0.1, 0.15) is 41.5 Å². The van der Waals surface area contributed by atoms with Crippen LogP contribution in [0.15, 0.2) is 0 Å². The summed E-state index contributed by atoms with van der Waals surface area (Å²) in [4.78, 5) is 4.75. The first-order chi connectivity index (χ1) is 6.69. The Balaban J connectivity index is -0.0000000480. The van der Waals surface area contributed by atoms with Gasteiger partial charge in [0.1, 0.15) is 0 Å². The molecule has 0 aliphatic carbocycles. The lowest BCUT2D eigenvalue weighted by Crippen LogP contribution is -2.21. The zero-order valence-electron chi connectivity index (χ0n) is 12.4. The van der Waals surface area contributed by atoms with Crippen molar-refractivity contribution >= 4 is 0 Å². The Morgan fingerprint density at radius 2 is 0.529 bits per heavy atom. The van der Waals surface area contributed by atoms with E-state index in [1.807, 2.05) is 0 Å². The highest BCUT2D eigenvalue weighted by atomic mass is 19.0. The van der Waals surface area contributed by atoms with E-state index in [9.17, 15) is 0 Å². The first-order valence-electron chi connectivity index (χ1n) is 6.14. The van der Waals surface area contributed by atoms with Gasteiger partial charge in [0.05, 0.1) is 0 Å². The van der Waals surface area contributed by atoms with E-state index in [2.05, 4.69) is 51.3 Å². The van der Waals surface area contributed by atoms with Gasteiger partial charge in [-0.15, -0.1) is 0 Å². The molecule has 17 heavy (non-hydrogen) atoms. The number of nitrogens with zero attached hydrogens (tertiary/aromatic N) is 2. The zero-order chi connectivity index (χ0) is 11.4. The van der Waals surface area contributed by atoms with Crippen LogP contribution in [0.5, 0.6) is 0 Å². The standard InChI is InChI=1S/2C6H15N.3FH/c2*1-4-7(5-2)6-3;;;/h2*4-6H2,1-3H3;3*1H. The second-order valence-corrected chi connectivity index (χ2v) is 3.24. The molecule has 0 saturated heterocycles. The Morgan fingerprint density at radius 1 is 0.412 bits per heavy atom. The van der Waals surface area contributed by atoms with E-state index < -0.39 is 0 Å². The van der Waals surface area contributed by atoms with Gasteiger partial charge in [-0.05, 0) is 39.3 Å². The first-order valence-corrected chi connectivity index (χ1v) is 6.14. The van der Waals surface area contributed by atoms with Crippen molar-refractivity contribution in [2.45, 2.75) is 41.5 Å². The highest BCUT2D eigenvalue weighted by Crippen LogP contribution is 1.82. The molecule has 0 fully saturated rings. The van der Waals surface area contributed by atoms with Crippen molar-refractivity contribution in [3.8, 4) is 0 Å². The Morgan fingerprint density at radius 3 is 0.529 bits per heavy atom. The van der Waals surface area contributed by atoms with Crippen LogP contribution in [0.3, 0.4) is 0 Å². The Hall–Kier alpha value is -0.290. The minimum atomic E-state index is 0. The topological polar surface area (TPSA) is 6.48 Å². The second kappa shape index (κ2) is 24.8. The fourth-order valence-corrected chi connectivity index (χ4v) is 1.34. The molecule has 0 aliphatic rings. The average Bonchev–Trinajstić information content (AvgIpc) is 2.24. The molecule has 0 amide bonds. The van der Waals surface area contributed by atoms with Gasteiger partial charge >= 0.3 is 0 Å². The van der Waals surface area contributed by atoms with E-state index >= 15 is 0 Å². The maximum absolute atomic E-state index is 2.38. The fourth-order valence-electron chi connectivity index (χ4n) is 1.34. The van der Waals surface area contributed by atoms with E-state index in [0.29, 0.717) is 0 Å². The van der Waals surface area contributed by atoms with Crippen molar-refractivity contribution in [1.82, 2.24) is 9.80 Å². The van der Waals surface area contributed by atoms with Gasteiger partial charge in [-0.2, -0.15) is 0 Å². The molecule has 0 bridgehead atoms. The lowest BCUT2D eigenvalue weighted by atomic mass is 10.5. The molecule has 0 N–H and O–H groups in total. The van der Waals surface area contributed by atoms with Crippen molar-refractivity contribution < 1.29 is 14.1 Å². The largest absolute Gasteiger partial charge is 0.304 e. The molecule has 0 radical (unpaired) electrons. The van der Waals surface area contributed by atoms with Gasteiger partial charge in [0.15, 0.2) is 0 Å². The molecule has 0 spiro atoms. The summed E-state index contributed by atoms with van der Waals surface area (Å²) in [5.41, 5.74) is 0. The quantitative estimate of drug-likeness (QED) is 0.725. The van der Waals surface area contributed by atoms with E-state index in [-0.39, 0.29) is 14.1 Å². The lowest BCUT2D eigenvalue weighted by molar-refractivity contribution is 0.321. The lowest BCUT2D eigenvalue weighted by Gasteiger charge is -2.13. The molecule has 0 atom stereocenters. The first kappa shape index (κ1) is 30.1. The van der Waals surface area contributed by atoms with Gasteiger partial charge in [-0.3, -0.25) is 14.1 Å². The van der Waals surface area contributed by atoms with Crippen LogP contribution in [0.25, 0.3) is 0 Å². The summed E-state index contributed by atoms with van der Waals surface area (Å²) in [5, 5.41) is 0. The number of hydrogen-bond acceptors (Lipinski definition) is 2. The third kappa shape index (κ3) is 21.5. The predicted molar refractivity (Wildman–Crippen MR) is 74.4 cm³/mol. The van der Waals surface area contributed by atoms with Gasteiger partial charge in [0.25, 0.3) is 0 Å². The molecule has 0 aromatic rings. The summed E-state index contributed by atoms with van der Waals surface area (Å²) in [6.45, 7) is 20.2. The Kier molecular flexibility index (Phi) is 43.9. The third-order valence-corrected chi connectivity index (χ3v) is 2.68. The van der Waals surface area contributed by atoms with Crippen molar-refractivity contribution in [2.75, 3.05) is 39.3 Å². The van der Waals surface area contributed by atoms with Crippen LogP contribution < -0.4 is 0 Å². The molecular formula is C12H33F3N2. The molecule has 0 saturated carbocycles. The highest BCUT2D eigenvalue weighted by molar-refractivity contribution is 4.44. The molecule has 0 rings (SSSR count). The van der Waals surface area contributed by atoms with Crippen LogP contribution in [0.2, 0.25) is 0 Å². The number of rotatable bonds is 6. The summed E-state index contributed by atoms with van der Waals surface area (Å²) in [6, 6.07) is 0. The maximum Gasteiger partial charge on any atom is -0.00474 e. The van der Waals surface area contributed by atoms with Gasteiger partial charge in [0.2, 0.25) is 0 Å². The smallest absolute Gasteiger partial charge is 0.00474 e. The van der Waals surface area contributed by atoms with Crippen LogP contribution in [-0.2, 0) is 0 Å². The minimum Gasteiger partial charge on any atom is -0.304 e. The molecule has 112 valence electrons. The van der Waals surface area contributed by atoms with E-state index in [4.69, 9.17) is 0 Å². The normalized spacial score (nSPS) is 8.47. The van der Waals surface area contributed by atoms with Crippen molar-refractivity contribution in [1.29, 1.82) is 0 Å². The monoisotopic (exact) mass is 262 g/mol. The minimum absolute atomic E-state index is 0. The van der Waals surface area contributed by atoms with Crippen molar-refractivity contribution in [3.05, 3.63) is 0 Å². The highest BCUT2D eigenvalue weighted by Gasteiger charge is 1.89. The van der Waals surface area contributed by atoms with Gasteiger partial charge in [-0.1, -0.05) is 41.5 Å². The van der Waals surface area contributed by atoms with Crippen molar-refractivity contribution in [2.24, 2.45) is 0 Å². The molecule has 0 aromatic heterocycles. The summed E-state index contributed by atoms with van der Waals surface area (Å²) in [7, 11) is 0. The Labute approximate surface area is 105 Å². The van der Waals surface area contributed by atoms with E-state index in [1.165, 1.54) is 39.3 Å². The predicted octanol–water partition coefficient (Wildman–Crippen LogP) is 3.15. The van der Waals surface area contributed by atoms with Gasteiger partial charge in [0, 0.05) is 0 Å². The zero-order valence-corrected chi connectivity index (χ0v) is 12.4. The number of hydrogen-bond donors (Lipinski definition) is 0. The molecule has 0 aliphatic heterocycles. The summed E-state index contributed by atoms with van der Waals surface area (Å²) < 4.78 is 0. The molecule has 2 nitrogen and oxygen atoms in total. The van der Waals surface area contributed by atoms with Crippen LogP contribution in [0.4, 0.5) is 14.1 Å². The molecular weight excluding hydrogens is 229 g/mol. The fraction of sp³-hybridized carbons (Fsp3) is 1.00. The second-order valence-electron chi connectivity index (χ2n) is 3.24. The summed E-state index contributed by atoms with van der Waals surface area (Å²) >= 11 is 0. The average molecular weight is 262 g/mol. The summed E-state index contributed by atoms with van der Waals surface area (Å²) in [5.74, 6) is 0. The van der Waals surface area contributed by atoms with Crippen LogP contribution in [-0.4, -0.2) is 49.1 Å². The Bertz CT molecular complexity index is 74.7. The van der Waals surface area contributed by atoms with E-state index in [1.54, 1.807) is 0 Å². The van der Waals surface area contributed by atoms with Crippen LogP contribution >= 0.6 is 0 Å². The molecule has 0 unspecified atom stereocenters. The SMILES string of the molecule is CCN(CC)CC.CCN(CC)CC.F.F.F. The van der Waals surface area contributed by atoms with Gasteiger partial charge < -0.3 is 9.80 Å². The van der Waals surface area contributed by atoms with Gasteiger partial charge in [-0.25, -0.2) is 0 Å². The summed E-state index contributed by atoms with van der Waals surface area (Å²) in [6.07, 6.45) is 0. The molecule has 0 aromatic carbocycles.